The van der Waals surface area contributed by atoms with Gasteiger partial charge < -0.3 is 14.9 Å². The van der Waals surface area contributed by atoms with Crippen LogP contribution >= 0.6 is 0 Å². The van der Waals surface area contributed by atoms with E-state index in [1.165, 1.54) is 7.05 Å². The fourth-order valence-electron chi connectivity index (χ4n) is 2.53. The third kappa shape index (κ3) is 4.78. The number of ether oxygens (including phenoxy) is 1. The fraction of sp³-hybridized carbons (Fsp3) is 0.278. The third-order valence-electron chi connectivity index (χ3n) is 3.90. The minimum absolute atomic E-state index is 0.123. The van der Waals surface area contributed by atoms with Crippen LogP contribution in [-0.4, -0.2) is 39.3 Å². The van der Waals surface area contributed by atoms with Crippen LogP contribution in [0.2, 0.25) is 0 Å². The number of pyridine rings is 1. The summed E-state index contributed by atoms with van der Waals surface area (Å²) in [7, 11) is 1.50. The molecule has 0 unspecified atom stereocenters. The maximum atomic E-state index is 12.1. The van der Waals surface area contributed by atoms with Gasteiger partial charge in [0.05, 0.1) is 0 Å². The Bertz CT molecular complexity index is 940. The van der Waals surface area contributed by atoms with Crippen molar-refractivity contribution in [1.29, 1.82) is 0 Å². The highest BCUT2D eigenvalue weighted by molar-refractivity contribution is 5.75. The van der Waals surface area contributed by atoms with E-state index in [-0.39, 0.29) is 13.0 Å². The summed E-state index contributed by atoms with van der Waals surface area (Å²) in [5.74, 6) is -0.400. The van der Waals surface area contributed by atoms with Crippen LogP contribution in [0.3, 0.4) is 0 Å². The molecule has 2 aromatic heterocycles. The van der Waals surface area contributed by atoms with Crippen molar-refractivity contribution in [3.8, 4) is 0 Å². The Labute approximate surface area is 155 Å². The molecule has 0 spiro atoms. The van der Waals surface area contributed by atoms with Crippen LogP contribution in [0, 0.1) is 0 Å². The topological polar surface area (TPSA) is 108 Å². The number of hydrogen-bond donors (Lipinski definition) is 1. The molecule has 3 rings (SSSR count). The monoisotopic (exact) mass is 369 g/mol. The lowest BCUT2D eigenvalue weighted by atomic mass is 10.0. The Morgan fingerprint density at radius 3 is 2.89 bits per heavy atom. The number of fused-ring (bicyclic) bond motifs is 1. The zero-order valence-corrected chi connectivity index (χ0v) is 14.8. The van der Waals surface area contributed by atoms with Gasteiger partial charge in [-0.15, -0.1) is 5.10 Å². The number of para-hydroxylation sites is 1. The summed E-state index contributed by atoms with van der Waals surface area (Å²) < 4.78 is 5.06. The van der Waals surface area contributed by atoms with E-state index >= 15 is 0 Å². The number of amides is 1. The number of benzene rings is 1. The molecule has 0 fully saturated rings. The van der Waals surface area contributed by atoms with Crippen LogP contribution in [0.1, 0.15) is 24.0 Å². The Balaban J connectivity index is 1.52. The molecule has 0 aliphatic carbocycles. The Kier molecular flexibility index (Phi) is 5.93. The van der Waals surface area contributed by atoms with Crippen molar-refractivity contribution in [2.24, 2.45) is 0 Å². The van der Waals surface area contributed by atoms with Gasteiger partial charge in [0, 0.05) is 31.4 Å². The number of alkyl carbamates (subject to hydrolysis) is 1. The van der Waals surface area contributed by atoms with Crippen molar-refractivity contribution >= 4 is 23.1 Å². The van der Waals surface area contributed by atoms with Gasteiger partial charge in [-0.05, 0) is 41.8 Å². The second kappa shape index (κ2) is 8.75. The molecule has 0 radical (unpaired) electrons. The first-order valence-electron chi connectivity index (χ1n) is 8.45. The average molecular weight is 369 g/mol. The zero-order valence-electron chi connectivity index (χ0n) is 14.8. The van der Waals surface area contributed by atoms with Crippen molar-refractivity contribution in [1.82, 2.24) is 25.5 Å². The number of carbonyl (C=O) groups is 2. The molecule has 0 saturated heterocycles. The molecule has 0 bridgehead atoms. The standard InChI is InChI=1S/C18H19N5O4/c1-19-18(25)26-12-14-11-20-10-9-13(14)5-4-8-17(24)27-23-16-7-3-2-6-15(16)21-22-23/h2-3,6-7,9-11H,4-5,8,12H2,1H3,(H,19,25). The van der Waals surface area contributed by atoms with Crippen molar-refractivity contribution in [2.75, 3.05) is 7.05 Å². The molecule has 0 aliphatic rings. The number of hydrogen-bond acceptors (Lipinski definition) is 7. The quantitative estimate of drug-likeness (QED) is 0.631. The van der Waals surface area contributed by atoms with Gasteiger partial charge in [-0.25, -0.2) is 9.59 Å². The molecule has 140 valence electrons. The molecule has 1 amide bonds. The lowest BCUT2D eigenvalue weighted by Gasteiger charge is -2.09. The first-order valence-corrected chi connectivity index (χ1v) is 8.45. The van der Waals surface area contributed by atoms with Crippen molar-refractivity contribution in [3.63, 3.8) is 0 Å². The molecule has 0 aliphatic heterocycles. The maximum absolute atomic E-state index is 12.1. The van der Waals surface area contributed by atoms with Crippen molar-refractivity contribution in [2.45, 2.75) is 25.9 Å². The van der Waals surface area contributed by atoms with E-state index in [0.29, 0.717) is 23.9 Å². The molecule has 1 aromatic carbocycles. The van der Waals surface area contributed by atoms with E-state index in [1.807, 2.05) is 18.2 Å². The van der Waals surface area contributed by atoms with Gasteiger partial charge in [0.2, 0.25) is 0 Å². The van der Waals surface area contributed by atoms with E-state index in [1.54, 1.807) is 24.5 Å². The molecule has 9 nitrogen and oxygen atoms in total. The summed E-state index contributed by atoms with van der Waals surface area (Å²) in [5, 5.41) is 10.2. The van der Waals surface area contributed by atoms with E-state index in [0.717, 1.165) is 16.0 Å². The summed E-state index contributed by atoms with van der Waals surface area (Å²) in [4.78, 5) is 33.7. The van der Waals surface area contributed by atoms with Gasteiger partial charge >= 0.3 is 12.1 Å². The van der Waals surface area contributed by atoms with E-state index in [9.17, 15) is 9.59 Å². The van der Waals surface area contributed by atoms with E-state index in [4.69, 9.17) is 9.57 Å². The van der Waals surface area contributed by atoms with Crippen LogP contribution in [0.5, 0.6) is 0 Å². The first kappa shape index (κ1) is 18.3. The van der Waals surface area contributed by atoms with Gasteiger partial charge in [-0.3, -0.25) is 4.98 Å². The molecular formula is C18H19N5O4. The molecule has 0 atom stereocenters. The number of aromatic nitrogens is 4. The van der Waals surface area contributed by atoms with Gasteiger partial charge in [0.1, 0.15) is 17.6 Å². The summed E-state index contributed by atoms with van der Waals surface area (Å²) in [6.07, 6.45) is 4.22. The predicted molar refractivity (Wildman–Crippen MR) is 95.5 cm³/mol. The predicted octanol–water partition coefficient (Wildman–Crippen LogP) is 1.66. The fourth-order valence-corrected chi connectivity index (χ4v) is 2.53. The smallest absolute Gasteiger partial charge is 0.407 e. The normalized spacial score (nSPS) is 10.6. The number of rotatable bonds is 7. The lowest BCUT2D eigenvalue weighted by Crippen LogP contribution is -2.21. The second-order valence-electron chi connectivity index (χ2n) is 5.74. The largest absolute Gasteiger partial charge is 0.445 e. The number of aryl methyl sites for hydroxylation is 1. The summed E-state index contributed by atoms with van der Waals surface area (Å²) in [5.41, 5.74) is 3.06. The molecule has 9 heteroatoms. The second-order valence-corrected chi connectivity index (χ2v) is 5.74. The summed E-state index contributed by atoms with van der Waals surface area (Å²) in [6, 6.07) is 9.07. The molecule has 2 heterocycles. The Morgan fingerprint density at radius 2 is 2.04 bits per heavy atom. The van der Waals surface area contributed by atoms with Crippen LogP contribution in [0.4, 0.5) is 4.79 Å². The van der Waals surface area contributed by atoms with Gasteiger partial charge in [0.15, 0.2) is 0 Å². The highest BCUT2D eigenvalue weighted by Gasteiger charge is 2.11. The minimum Gasteiger partial charge on any atom is -0.445 e. The van der Waals surface area contributed by atoms with Gasteiger partial charge in [-0.1, -0.05) is 17.0 Å². The third-order valence-corrected chi connectivity index (χ3v) is 3.90. The van der Waals surface area contributed by atoms with Crippen molar-refractivity contribution in [3.05, 3.63) is 53.9 Å². The van der Waals surface area contributed by atoms with Gasteiger partial charge in [0.25, 0.3) is 0 Å². The molecular weight excluding hydrogens is 350 g/mol. The van der Waals surface area contributed by atoms with Crippen molar-refractivity contribution < 1.29 is 19.2 Å². The van der Waals surface area contributed by atoms with E-state index in [2.05, 4.69) is 20.6 Å². The lowest BCUT2D eigenvalue weighted by molar-refractivity contribution is -0.145. The maximum Gasteiger partial charge on any atom is 0.407 e. The Hall–Kier alpha value is -3.49. The molecule has 27 heavy (non-hydrogen) atoms. The van der Waals surface area contributed by atoms with E-state index < -0.39 is 12.1 Å². The number of nitrogens with one attached hydrogen (secondary N) is 1. The molecule has 1 N–H and O–H groups in total. The molecule has 3 aromatic rings. The number of nitrogens with zero attached hydrogens (tertiary/aromatic N) is 4. The van der Waals surface area contributed by atoms with Gasteiger partial charge in [-0.2, -0.15) is 0 Å². The molecule has 0 saturated carbocycles. The minimum atomic E-state index is -0.506. The van der Waals surface area contributed by atoms with Crippen LogP contribution in [0.25, 0.3) is 11.0 Å². The summed E-state index contributed by atoms with van der Waals surface area (Å²) >= 11 is 0. The Morgan fingerprint density at radius 1 is 1.19 bits per heavy atom. The highest BCUT2D eigenvalue weighted by Crippen LogP contribution is 2.13. The zero-order chi connectivity index (χ0) is 19.1. The van der Waals surface area contributed by atoms with Crippen LogP contribution < -0.4 is 10.2 Å². The van der Waals surface area contributed by atoms with Crippen LogP contribution in [0.15, 0.2) is 42.7 Å². The average Bonchev–Trinajstić information content (AvgIpc) is 3.10. The first-order chi connectivity index (χ1) is 13.2. The summed E-state index contributed by atoms with van der Waals surface area (Å²) in [6.45, 7) is 0.123. The highest BCUT2D eigenvalue weighted by atomic mass is 16.7. The number of carbonyl (C=O) groups excluding carboxylic acids is 2. The van der Waals surface area contributed by atoms with Crippen LogP contribution in [-0.2, 0) is 22.6 Å². The SMILES string of the molecule is CNC(=O)OCc1cnccc1CCCC(=O)On1nnc2ccccc21.